The molecule has 1 heterocycles. The number of hydrogen-bond acceptors (Lipinski definition) is 6. The van der Waals surface area contributed by atoms with Gasteiger partial charge in [0, 0.05) is 12.2 Å². The summed E-state index contributed by atoms with van der Waals surface area (Å²) in [4.78, 5) is 4.21. The van der Waals surface area contributed by atoms with Crippen LogP contribution in [-0.4, -0.2) is 30.5 Å². The zero-order valence-corrected chi connectivity index (χ0v) is 12.2. The van der Waals surface area contributed by atoms with E-state index >= 15 is 0 Å². The summed E-state index contributed by atoms with van der Waals surface area (Å²) in [6.07, 6.45) is 0. The minimum atomic E-state index is -0.872. The van der Waals surface area contributed by atoms with E-state index < -0.39 is 11.4 Å². The average Bonchev–Trinajstić information content (AvgIpc) is 2.95. The summed E-state index contributed by atoms with van der Waals surface area (Å²) in [5.41, 5.74) is 5.67. The maximum Gasteiger partial charge on any atom is 0.258 e. The lowest BCUT2D eigenvalue weighted by Crippen LogP contribution is -2.39. The van der Waals surface area contributed by atoms with Crippen LogP contribution < -0.4 is 10.5 Å². The number of methoxy groups -OCH3 is 1. The normalized spacial score (nSPS) is 14.0. The van der Waals surface area contributed by atoms with E-state index in [2.05, 4.69) is 10.1 Å². The summed E-state index contributed by atoms with van der Waals surface area (Å²) in [6.45, 7) is 4.42. The van der Waals surface area contributed by atoms with Crippen molar-refractivity contribution in [2.75, 3.05) is 20.3 Å². The molecule has 7 heteroatoms. The van der Waals surface area contributed by atoms with Crippen LogP contribution in [0.1, 0.15) is 19.7 Å². The lowest BCUT2D eigenvalue weighted by Gasteiger charge is -2.19. The largest absolute Gasteiger partial charge is 0.494 e. The van der Waals surface area contributed by atoms with E-state index in [0.29, 0.717) is 18.0 Å². The third-order valence-electron chi connectivity index (χ3n) is 2.94. The molecule has 2 N–H and O–H groups in total. The van der Waals surface area contributed by atoms with Crippen LogP contribution in [0, 0.1) is 5.82 Å². The summed E-state index contributed by atoms with van der Waals surface area (Å²) < 4.78 is 29.0. The molecule has 0 aliphatic carbocycles. The SMILES string of the molecule is CCOCC(C)(N)c1noc(-c2ccc(OC)c(F)c2)n1. The molecule has 1 unspecified atom stereocenters. The minimum Gasteiger partial charge on any atom is -0.494 e. The second-order valence-electron chi connectivity index (χ2n) is 4.83. The monoisotopic (exact) mass is 295 g/mol. The first-order valence-electron chi connectivity index (χ1n) is 6.52. The molecule has 0 amide bonds. The van der Waals surface area contributed by atoms with E-state index in [4.69, 9.17) is 19.7 Å². The number of halogens is 1. The summed E-state index contributed by atoms with van der Waals surface area (Å²) in [5.74, 6) is 0.153. The van der Waals surface area contributed by atoms with E-state index in [1.54, 1.807) is 13.0 Å². The van der Waals surface area contributed by atoms with E-state index in [9.17, 15) is 4.39 Å². The first kappa shape index (κ1) is 15.4. The Balaban J connectivity index is 2.25. The van der Waals surface area contributed by atoms with Crippen molar-refractivity contribution >= 4 is 0 Å². The second kappa shape index (κ2) is 6.19. The number of rotatable bonds is 6. The molecule has 1 aromatic carbocycles. The minimum absolute atomic E-state index is 0.151. The van der Waals surface area contributed by atoms with Gasteiger partial charge in [0.15, 0.2) is 17.4 Å². The molecular formula is C14H18FN3O3. The highest BCUT2D eigenvalue weighted by Gasteiger charge is 2.28. The van der Waals surface area contributed by atoms with Gasteiger partial charge in [-0.1, -0.05) is 5.16 Å². The number of hydrogen-bond donors (Lipinski definition) is 1. The van der Waals surface area contributed by atoms with Crippen LogP contribution in [-0.2, 0) is 10.3 Å². The van der Waals surface area contributed by atoms with Gasteiger partial charge in [0.25, 0.3) is 5.89 Å². The van der Waals surface area contributed by atoms with Gasteiger partial charge >= 0.3 is 0 Å². The predicted octanol–water partition coefficient (Wildman–Crippen LogP) is 2.09. The quantitative estimate of drug-likeness (QED) is 0.878. The second-order valence-corrected chi connectivity index (χ2v) is 4.83. The zero-order valence-electron chi connectivity index (χ0n) is 12.2. The Hall–Kier alpha value is -1.99. The smallest absolute Gasteiger partial charge is 0.258 e. The molecule has 6 nitrogen and oxygen atoms in total. The number of nitrogens with zero attached hydrogens (tertiary/aromatic N) is 2. The van der Waals surface area contributed by atoms with Crippen LogP contribution in [0.2, 0.25) is 0 Å². The highest BCUT2D eigenvalue weighted by Crippen LogP contribution is 2.26. The van der Waals surface area contributed by atoms with Gasteiger partial charge in [0.2, 0.25) is 0 Å². The molecule has 0 aliphatic heterocycles. The fourth-order valence-corrected chi connectivity index (χ4v) is 1.75. The number of ether oxygens (including phenoxy) is 2. The van der Waals surface area contributed by atoms with Gasteiger partial charge in [-0.3, -0.25) is 0 Å². The van der Waals surface area contributed by atoms with E-state index in [-0.39, 0.29) is 18.2 Å². The van der Waals surface area contributed by atoms with Gasteiger partial charge in [-0.05, 0) is 32.0 Å². The van der Waals surface area contributed by atoms with Crippen LogP contribution in [0.3, 0.4) is 0 Å². The summed E-state index contributed by atoms with van der Waals surface area (Å²) >= 11 is 0. The topological polar surface area (TPSA) is 83.4 Å². The highest BCUT2D eigenvalue weighted by molar-refractivity contribution is 5.54. The molecule has 0 aliphatic rings. The van der Waals surface area contributed by atoms with Crippen LogP contribution in [0.4, 0.5) is 4.39 Å². The van der Waals surface area contributed by atoms with Crippen molar-refractivity contribution < 1.29 is 18.4 Å². The fourth-order valence-electron chi connectivity index (χ4n) is 1.75. The standard InChI is InChI=1S/C14H18FN3O3/c1-4-20-8-14(2,16)13-17-12(21-18-13)9-5-6-11(19-3)10(15)7-9/h5-7H,4,8,16H2,1-3H3. The number of aromatic nitrogens is 2. The van der Waals surface area contributed by atoms with Crippen molar-refractivity contribution in [1.82, 2.24) is 10.1 Å². The Bertz CT molecular complexity index is 613. The first-order chi connectivity index (χ1) is 9.97. The van der Waals surface area contributed by atoms with Gasteiger partial charge < -0.3 is 19.7 Å². The Labute approximate surface area is 122 Å². The lowest BCUT2D eigenvalue weighted by molar-refractivity contribution is 0.0962. The average molecular weight is 295 g/mol. The molecule has 1 atom stereocenters. The van der Waals surface area contributed by atoms with Gasteiger partial charge in [-0.25, -0.2) is 4.39 Å². The Morgan fingerprint density at radius 2 is 2.19 bits per heavy atom. The Kier molecular flexibility index (Phi) is 4.54. The van der Waals surface area contributed by atoms with Crippen molar-refractivity contribution in [3.63, 3.8) is 0 Å². The predicted molar refractivity (Wildman–Crippen MR) is 74.3 cm³/mol. The maximum absolute atomic E-state index is 13.7. The van der Waals surface area contributed by atoms with Crippen molar-refractivity contribution in [2.24, 2.45) is 5.73 Å². The van der Waals surface area contributed by atoms with Gasteiger partial charge in [0.1, 0.15) is 5.54 Å². The summed E-state index contributed by atoms with van der Waals surface area (Å²) in [6, 6.07) is 4.40. The number of nitrogens with two attached hydrogens (primary N) is 1. The Morgan fingerprint density at radius 1 is 1.43 bits per heavy atom. The first-order valence-corrected chi connectivity index (χ1v) is 6.52. The van der Waals surface area contributed by atoms with Crippen molar-refractivity contribution in [3.8, 4) is 17.2 Å². The van der Waals surface area contributed by atoms with Gasteiger partial charge in [-0.2, -0.15) is 4.98 Å². The van der Waals surface area contributed by atoms with Crippen LogP contribution in [0.25, 0.3) is 11.5 Å². The van der Waals surface area contributed by atoms with Crippen LogP contribution in [0.5, 0.6) is 5.75 Å². The molecule has 0 radical (unpaired) electrons. The molecule has 114 valence electrons. The third kappa shape index (κ3) is 3.37. The molecule has 1 aromatic heterocycles. The molecule has 0 saturated carbocycles. The summed E-state index contributed by atoms with van der Waals surface area (Å²) in [5, 5.41) is 3.84. The van der Waals surface area contributed by atoms with Crippen LogP contribution >= 0.6 is 0 Å². The molecule has 0 saturated heterocycles. The van der Waals surface area contributed by atoms with Crippen molar-refractivity contribution in [1.29, 1.82) is 0 Å². The third-order valence-corrected chi connectivity index (χ3v) is 2.94. The Morgan fingerprint density at radius 3 is 2.81 bits per heavy atom. The molecule has 21 heavy (non-hydrogen) atoms. The zero-order chi connectivity index (χ0) is 15.5. The van der Waals surface area contributed by atoms with Crippen LogP contribution in [0.15, 0.2) is 22.7 Å². The van der Waals surface area contributed by atoms with Crippen molar-refractivity contribution in [2.45, 2.75) is 19.4 Å². The van der Waals surface area contributed by atoms with E-state index in [1.165, 1.54) is 19.2 Å². The van der Waals surface area contributed by atoms with Crippen molar-refractivity contribution in [3.05, 3.63) is 29.8 Å². The summed E-state index contributed by atoms with van der Waals surface area (Å²) in [7, 11) is 1.40. The van der Waals surface area contributed by atoms with E-state index in [1.807, 2.05) is 6.92 Å². The molecule has 0 bridgehead atoms. The van der Waals surface area contributed by atoms with Gasteiger partial charge in [0.05, 0.1) is 13.7 Å². The fraction of sp³-hybridized carbons (Fsp3) is 0.429. The lowest BCUT2D eigenvalue weighted by atomic mass is 10.1. The highest BCUT2D eigenvalue weighted by atomic mass is 19.1. The maximum atomic E-state index is 13.7. The molecule has 0 fully saturated rings. The molecular weight excluding hydrogens is 277 g/mol. The molecule has 2 aromatic rings. The molecule has 2 rings (SSSR count). The molecule has 0 spiro atoms. The van der Waals surface area contributed by atoms with Gasteiger partial charge in [-0.15, -0.1) is 0 Å². The number of benzene rings is 1. The van der Waals surface area contributed by atoms with E-state index in [0.717, 1.165) is 0 Å².